The summed E-state index contributed by atoms with van der Waals surface area (Å²) >= 11 is 0. The molecule has 4 rings (SSSR count). The lowest BCUT2D eigenvalue weighted by Gasteiger charge is -2.15. The van der Waals surface area contributed by atoms with Gasteiger partial charge in [0.25, 0.3) is 5.56 Å². The summed E-state index contributed by atoms with van der Waals surface area (Å²) < 4.78 is 17.0. The fraction of sp³-hybridized carbons (Fsp3) is 0.154. The Bertz CT molecular complexity index is 1410. The summed E-state index contributed by atoms with van der Waals surface area (Å²) in [5.74, 6) is 0.725. The fourth-order valence-electron chi connectivity index (χ4n) is 3.40. The van der Waals surface area contributed by atoms with Crippen LogP contribution in [-0.4, -0.2) is 42.2 Å². The van der Waals surface area contributed by atoms with E-state index in [1.807, 2.05) is 36.4 Å². The zero-order chi connectivity index (χ0) is 24.1. The molecule has 0 bridgehead atoms. The Labute approximate surface area is 196 Å². The predicted molar refractivity (Wildman–Crippen MR) is 130 cm³/mol. The van der Waals surface area contributed by atoms with Crippen molar-refractivity contribution in [2.45, 2.75) is 13.0 Å². The summed E-state index contributed by atoms with van der Waals surface area (Å²) in [7, 11) is 2.80. The van der Waals surface area contributed by atoms with Crippen LogP contribution < -0.4 is 15.0 Å². The number of rotatable bonds is 7. The Morgan fingerprint density at radius 2 is 1.74 bits per heavy atom. The van der Waals surface area contributed by atoms with E-state index in [1.165, 1.54) is 18.9 Å². The van der Waals surface area contributed by atoms with E-state index in [-0.39, 0.29) is 5.56 Å². The molecule has 8 nitrogen and oxygen atoms in total. The van der Waals surface area contributed by atoms with Crippen LogP contribution in [0.4, 0.5) is 0 Å². The molecular formula is C26H23N3O5. The van der Waals surface area contributed by atoms with Gasteiger partial charge in [-0.05, 0) is 42.8 Å². The van der Waals surface area contributed by atoms with E-state index in [2.05, 4.69) is 10.1 Å². The maximum Gasteiger partial charge on any atom is 0.346 e. The lowest BCUT2D eigenvalue weighted by molar-refractivity contribution is -0.147. The van der Waals surface area contributed by atoms with Crippen molar-refractivity contribution in [3.05, 3.63) is 88.7 Å². The highest BCUT2D eigenvalue weighted by molar-refractivity contribution is 5.83. The third-order valence-corrected chi connectivity index (χ3v) is 5.13. The first-order valence-electron chi connectivity index (χ1n) is 10.6. The minimum atomic E-state index is -0.797. The molecule has 0 aliphatic heterocycles. The van der Waals surface area contributed by atoms with Crippen LogP contribution in [0.5, 0.6) is 11.5 Å². The first-order chi connectivity index (χ1) is 16.5. The third-order valence-electron chi connectivity index (χ3n) is 5.13. The zero-order valence-corrected chi connectivity index (χ0v) is 19.0. The minimum absolute atomic E-state index is 0.278. The van der Waals surface area contributed by atoms with Crippen molar-refractivity contribution in [1.82, 2.24) is 9.66 Å². The van der Waals surface area contributed by atoms with E-state index in [1.54, 1.807) is 49.5 Å². The number of esters is 1. The summed E-state index contributed by atoms with van der Waals surface area (Å²) in [4.78, 5) is 29.6. The third kappa shape index (κ3) is 4.66. The van der Waals surface area contributed by atoms with Crippen LogP contribution in [0.2, 0.25) is 0 Å². The molecule has 8 heteroatoms. The first-order valence-corrected chi connectivity index (χ1v) is 10.6. The number of benzene rings is 3. The molecule has 0 fully saturated rings. The standard InChI is InChI=1S/C26H23N3O5/c1-17(26(31)33-3)34-22-14-13-18(15-23(22)32-2)16-27-29-24(19-9-5-4-6-10-19)28-21-12-8-7-11-20(21)25(29)30/h4-17H,1-3H3/t17-/m1/s1. The van der Waals surface area contributed by atoms with E-state index >= 15 is 0 Å². The fourth-order valence-corrected chi connectivity index (χ4v) is 3.40. The molecule has 4 aromatic rings. The number of para-hydroxylation sites is 1. The number of hydrogen-bond acceptors (Lipinski definition) is 7. The van der Waals surface area contributed by atoms with E-state index < -0.39 is 12.1 Å². The Balaban J connectivity index is 1.74. The van der Waals surface area contributed by atoms with Crippen LogP contribution in [0.25, 0.3) is 22.3 Å². The second kappa shape index (κ2) is 9.99. The van der Waals surface area contributed by atoms with Gasteiger partial charge in [0.2, 0.25) is 0 Å². The average molecular weight is 457 g/mol. The molecule has 0 unspecified atom stereocenters. The van der Waals surface area contributed by atoms with Gasteiger partial charge < -0.3 is 14.2 Å². The van der Waals surface area contributed by atoms with Crippen LogP contribution in [0, 0.1) is 0 Å². The minimum Gasteiger partial charge on any atom is -0.493 e. The SMILES string of the molecule is COC(=O)[C@@H](C)Oc1ccc(C=Nn2c(-c3ccccc3)nc3ccccc3c2=O)cc1OC. The van der Waals surface area contributed by atoms with Crippen LogP contribution >= 0.6 is 0 Å². The Morgan fingerprint density at radius 3 is 2.47 bits per heavy atom. The molecule has 0 saturated heterocycles. The van der Waals surface area contributed by atoms with Gasteiger partial charge in [-0.3, -0.25) is 4.79 Å². The average Bonchev–Trinajstić information content (AvgIpc) is 2.88. The van der Waals surface area contributed by atoms with Crippen LogP contribution in [0.15, 0.2) is 82.7 Å². The molecule has 0 aliphatic carbocycles. The van der Waals surface area contributed by atoms with Gasteiger partial charge in [-0.15, -0.1) is 0 Å². The van der Waals surface area contributed by atoms with Crippen molar-refractivity contribution < 1.29 is 19.0 Å². The summed E-state index contributed by atoms with van der Waals surface area (Å²) in [6.45, 7) is 1.59. The molecule has 1 atom stereocenters. The van der Waals surface area contributed by atoms with Gasteiger partial charge in [0, 0.05) is 5.56 Å². The molecule has 0 N–H and O–H groups in total. The van der Waals surface area contributed by atoms with Gasteiger partial charge in [-0.25, -0.2) is 9.78 Å². The van der Waals surface area contributed by atoms with E-state index in [0.29, 0.717) is 33.8 Å². The molecule has 0 amide bonds. The molecule has 0 spiro atoms. The van der Waals surface area contributed by atoms with Gasteiger partial charge in [0.05, 0.1) is 31.3 Å². The van der Waals surface area contributed by atoms with Gasteiger partial charge >= 0.3 is 5.97 Å². The number of fused-ring (bicyclic) bond motifs is 1. The summed E-state index contributed by atoms with van der Waals surface area (Å²) in [6, 6.07) is 21.7. The number of carbonyl (C=O) groups excluding carboxylic acids is 1. The van der Waals surface area contributed by atoms with Gasteiger partial charge in [0.1, 0.15) is 0 Å². The van der Waals surface area contributed by atoms with Gasteiger partial charge in [-0.2, -0.15) is 9.78 Å². The monoisotopic (exact) mass is 457 g/mol. The van der Waals surface area contributed by atoms with Gasteiger partial charge in [-0.1, -0.05) is 42.5 Å². The Morgan fingerprint density at radius 1 is 1.00 bits per heavy atom. The van der Waals surface area contributed by atoms with E-state index in [4.69, 9.17) is 14.2 Å². The van der Waals surface area contributed by atoms with Gasteiger partial charge in [0.15, 0.2) is 23.4 Å². The number of hydrogen-bond donors (Lipinski definition) is 0. The van der Waals surface area contributed by atoms with Crippen molar-refractivity contribution in [3.8, 4) is 22.9 Å². The molecule has 0 saturated carbocycles. The lowest BCUT2D eigenvalue weighted by atomic mass is 10.2. The second-order valence-electron chi connectivity index (χ2n) is 7.37. The number of ether oxygens (including phenoxy) is 3. The molecule has 0 radical (unpaired) electrons. The Kier molecular flexibility index (Phi) is 6.68. The zero-order valence-electron chi connectivity index (χ0n) is 19.0. The number of methoxy groups -OCH3 is 2. The summed E-state index contributed by atoms with van der Waals surface area (Å²) in [5.41, 5.74) is 1.75. The summed E-state index contributed by atoms with van der Waals surface area (Å²) in [5, 5.41) is 4.93. The van der Waals surface area contributed by atoms with Crippen molar-refractivity contribution in [1.29, 1.82) is 0 Å². The highest BCUT2D eigenvalue weighted by Crippen LogP contribution is 2.29. The predicted octanol–water partition coefficient (Wildman–Crippen LogP) is 3.89. The quantitative estimate of drug-likeness (QED) is 0.309. The normalized spacial score (nSPS) is 12.0. The van der Waals surface area contributed by atoms with E-state index in [9.17, 15) is 9.59 Å². The maximum atomic E-state index is 13.3. The number of nitrogens with zero attached hydrogens (tertiary/aromatic N) is 3. The van der Waals surface area contributed by atoms with Crippen molar-refractivity contribution in [2.24, 2.45) is 5.10 Å². The van der Waals surface area contributed by atoms with E-state index in [0.717, 1.165) is 5.56 Å². The molecule has 172 valence electrons. The highest BCUT2D eigenvalue weighted by atomic mass is 16.6. The Hall–Kier alpha value is -4.46. The lowest BCUT2D eigenvalue weighted by Crippen LogP contribution is -2.25. The summed E-state index contributed by atoms with van der Waals surface area (Å²) in [6.07, 6.45) is 0.745. The largest absolute Gasteiger partial charge is 0.493 e. The maximum absolute atomic E-state index is 13.3. The molecule has 1 heterocycles. The smallest absolute Gasteiger partial charge is 0.346 e. The topological polar surface area (TPSA) is 92.0 Å². The molecule has 0 aliphatic rings. The molecular weight excluding hydrogens is 434 g/mol. The van der Waals surface area contributed by atoms with Crippen molar-refractivity contribution in [2.75, 3.05) is 14.2 Å². The number of carbonyl (C=O) groups is 1. The van der Waals surface area contributed by atoms with Crippen LogP contribution in [-0.2, 0) is 9.53 Å². The first kappa shape index (κ1) is 22.7. The molecule has 1 aromatic heterocycles. The molecule has 34 heavy (non-hydrogen) atoms. The van der Waals surface area contributed by atoms with Crippen LogP contribution in [0.1, 0.15) is 12.5 Å². The second-order valence-corrected chi connectivity index (χ2v) is 7.37. The highest BCUT2D eigenvalue weighted by Gasteiger charge is 2.17. The van der Waals surface area contributed by atoms with Crippen molar-refractivity contribution >= 4 is 23.1 Å². The van der Waals surface area contributed by atoms with Crippen molar-refractivity contribution in [3.63, 3.8) is 0 Å². The van der Waals surface area contributed by atoms with Crippen LogP contribution in [0.3, 0.4) is 0 Å². The molecule has 3 aromatic carbocycles. The number of aromatic nitrogens is 2.